The minimum atomic E-state index is -0.285. The third-order valence-electron chi connectivity index (χ3n) is 3.45. The lowest BCUT2D eigenvalue weighted by Gasteiger charge is -2.26. The highest BCUT2D eigenvalue weighted by Crippen LogP contribution is 2.34. The van der Waals surface area contributed by atoms with E-state index in [2.05, 4.69) is 11.9 Å². The molecule has 0 fully saturated rings. The normalized spacial score (nSPS) is 15.7. The molecule has 1 atom stereocenters. The number of halogens is 1. The molecule has 5 heteroatoms. The van der Waals surface area contributed by atoms with Crippen LogP contribution in [0.25, 0.3) is 0 Å². The summed E-state index contributed by atoms with van der Waals surface area (Å²) in [5, 5.41) is 11.2. The number of aromatic nitrogens is 1. The minimum Gasteiger partial charge on any atom is -0.343 e. The van der Waals surface area contributed by atoms with Gasteiger partial charge in [0.1, 0.15) is 16.7 Å². The van der Waals surface area contributed by atoms with E-state index in [9.17, 15) is 4.39 Å². The van der Waals surface area contributed by atoms with Crippen LogP contribution in [-0.2, 0) is 6.54 Å². The van der Waals surface area contributed by atoms with Crippen LogP contribution in [0, 0.1) is 11.2 Å². The molecule has 1 N–H and O–H groups in total. The fraction of sp³-hybridized carbons (Fsp3) is 0.286. The molecular weight excluding hydrogens is 261 g/mol. The molecule has 0 saturated heterocycles. The number of fused-ring (bicyclic) bond motifs is 1. The quantitative estimate of drug-likeness (QED) is 0.930. The van der Waals surface area contributed by atoms with Gasteiger partial charge in [-0.1, -0.05) is 13.0 Å². The summed E-state index contributed by atoms with van der Waals surface area (Å²) < 4.78 is 13.3. The highest BCUT2D eigenvalue weighted by atomic mass is 32.1. The standard InChI is InChI=1S/C14H14FN3S/c1-2-12(14-17-5-6-19-14)18-8-9-3-4-10(15)7-11(9)13(18)16/h3-7,12,16H,2,8H2,1H3. The number of thiazole rings is 1. The van der Waals surface area contributed by atoms with Crippen LogP contribution in [0.3, 0.4) is 0 Å². The van der Waals surface area contributed by atoms with Gasteiger partial charge < -0.3 is 4.90 Å². The maximum atomic E-state index is 13.3. The van der Waals surface area contributed by atoms with E-state index in [0.717, 1.165) is 17.0 Å². The molecule has 19 heavy (non-hydrogen) atoms. The molecule has 1 aromatic carbocycles. The fourth-order valence-corrected chi connectivity index (χ4v) is 3.35. The summed E-state index contributed by atoms with van der Waals surface area (Å²) in [6.07, 6.45) is 2.67. The van der Waals surface area contributed by atoms with E-state index in [-0.39, 0.29) is 11.9 Å². The number of benzene rings is 1. The molecule has 2 aromatic rings. The molecule has 0 aliphatic carbocycles. The summed E-state index contributed by atoms with van der Waals surface area (Å²) in [7, 11) is 0. The molecule has 3 rings (SSSR count). The fourth-order valence-electron chi connectivity index (χ4n) is 2.52. The van der Waals surface area contributed by atoms with Gasteiger partial charge in [0.15, 0.2) is 0 Å². The lowest BCUT2D eigenvalue weighted by molar-refractivity contribution is 0.311. The van der Waals surface area contributed by atoms with E-state index in [0.29, 0.717) is 17.9 Å². The van der Waals surface area contributed by atoms with Crippen LogP contribution in [0.1, 0.15) is 35.5 Å². The molecule has 0 radical (unpaired) electrons. The molecule has 1 aliphatic heterocycles. The summed E-state index contributed by atoms with van der Waals surface area (Å²) in [6.45, 7) is 2.75. The monoisotopic (exact) mass is 275 g/mol. The Morgan fingerprint density at radius 2 is 2.37 bits per heavy atom. The maximum absolute atomic E-state index is 13.3. The Morgan fingerprint density at radius 1 is 1.53 bits per heavy atom. The zero-order valence-electron chi connectivity index (χ0n) is 10.6. The van der Waals surface area contributed by atoms with E-state index in [1.54, 1.807) is 23.6 Å². The van der Waals surface area contributed by atoms with Gasteiger partial charge >= 0.3 is 0 Å². The summed E-state index contributed by atoms with van der Waals surface area (Å²) in [6, 6.07) is 4.78. The lowest BCUT2D eigenvalue weighted by atomic mass is 10.1. The molecule has 2 heterocycles. The van der Waals surface area contributed by atoms with Gasteiger partial charge in [-0.25, -0.2) is 9.37 Å². The number of hydrogen-bond donors (Lipinski definition) is 1. The zero-order valence-corrected chi connectivity index (χ0v) is 11.4. The highest BCUT2D eigenvalue weighted by Gasteiger charge is 2.31. The van der Waals surface area contributed by atoms with Crippen molar-refractivity contribution >= 4 is 17.2 Å². The Bertz CT molecular complexity index is 609. The SMILES string of the molecule is CCC(c1nccs1)N1Cc2ccc(F)cc2C1=N. The molecule has 0 amide bonds. The molecule has 3 nitrogen and oxygen atoms in total. The summed E-state index contributed by atoms with van der Waals surface area (Å²) in [5.41, 5.74) is 1.72. The van der Waals surface area contributed by atoms with Crippen molar-refractivity contribution in [1.82, 2.24) is 9.88 Å². The van der Waals surface area contributed by atoms with Crippen LogP contribution < -0.4 is 0 Å². The van der Waals surface area contributed by atoms with Gasteiger partial charge in [-0.2, -0.15) is 0 Å². The Morgan fingerprint density at radius 3 is 3.05 bits per heavy atom. The first-order valence-corrected chi connectivity index (χ1v) is 7.12. The molecule has 0 saturated carbocycles. The number of amidine groups is 1. The first kappa shape index (κ1) is 12.3. The molecule has 1 aliphatic rings. The van der Waals surface area contributed by atoms with Crippen molar-refractivity contribution in [3.05, 3.63) is 51.7 Å². The Balaban J connectivity index is 1.95. The van der Waals surface area contributed by atoms with E-state index in [1.807, 2.05) is 10.3 Å². The van der Waals surface area contributed by atoms with Crippen molar-refractivity contribution in [2.75, 3.05) is 0 Å². The second-order valence-corrected chi connectivity index (χ2v) is 5.50. The van der Waals surface area contributed by atoms with Crippen molar-refractivity contribution in [1.29, 1.82) is 5.41 Å². The molecule has 0 bridgehead atoms. The average Bonchev–Trinajstić information content (AvgIpc) is 3.02. The topological polar surface area (TPSA) is 40.0 Å². The summed E-state index contributed by atoms with van der Waals surface area (Å²) in [4.78, 5) is 6.36. The van der Waals surface area contributed by atoms with Crippen molar-refractivity contribution in [2.24, 2.45) is 0 Å². The molecule has 1 unspecified atom stereocenters. The van der Waals surface area contributed by atoms with Crippen LogP contribution in [0.2, 0.25) is 0 Å². The predicted molar refractivity (Wildman–Crippen MR) is 73.9 cm³/mol. The van der Waals surface area contributed by atoms with Gasteiger partial charge in [0, 0.05) is 23.7 Å². The summed E-state index contributed by atoms with van der Waals surface area (Å²) >= 11 is 1.60. The van der Waals surface area contributed by atoms with Gasteiger partial charge in [-0.15, -0.1) is 11.3 Å². The largest absolute Gasteiger partial charge is 0.343 e. The van der Waals surface area contributed by atoms with Crippen LogP contribution in [0.4, 0.5) is 4.39 Å². The van der Waals surface area contributed by atoms with Crippen LogP contribution >= 0.6 is 11.3 Å². The third kappa shape index (κ3) is 2.04. The number of hydrogen-bond acceptors (Lipinski definition) is 3. The maximum Gasteiger partial charge on any atom is 0.129 e. The summed E-state index contributed by atoms with van der Waals surface area (Å²) in [5.74, 6) is 0.115. The van der Waals surface area contributed by atoms with Gasteiger partial charge in [-0.05, 0) is 24.1 Å². The van der Waals surface area contributed by atoms with Crippen LogP contribution in [0.15, 0.2) is 29.8 Å². The van der Waals surface area contributed by atoms with E-state index < -0.39 is 0 Å². The van der Waals surface area contributed by atoms with Gasteiger partial charge in [0.2, 0.25) is 0 Å². The first-order valence-electron chi connectivity index (χ1n) is 6.24. The van der Waals surface area contributed by atoms with E-state index >= 15 is 0 Å². The molecule has 0 spiro atoms. The second kappa shape index (κ2) is 4.74. The predicted octanol–water partition coefficient (Wildman–Crippen LogP) is 3.57. The van der Waals surface area contributed by atoms with Crippen LogP contribution in [-0.4, -0.2) is 15.7 Å². The van der Waals surface area contributed by atoms with Gasteiger partial charge in [0.05, 0.1) is 6.04 Å². The first-order chi connectivity index (χ1) is 9.20. The van der Waals surface area contributed by atoms with Crippen molar-refractivity contribution in [2.45, 2.75) is 25.9 Å². The average molecular weight is 275 g/mol. The Labute approximate surface area is 115 Å². The van der Waals surface area contributed by atoms with Crippen molar-refractivity contribution in [3.8, 4) is 0 Å². The number of rotatable bonds is 3. The zero-order chi connectivity index (χ0) is 13.4. The number of nitrogens with zero attached hydrogens (tertiary/aromatic N) is 2. The molecule has 1 aromatic heterocycles. The molecule has 98 valence electrons. The van der Waals surface area contributed by atoms with Crippen molar-refractivity contribution < 1.29 is 4.39 Å². The second-order valence-electron chi connectivity index (χ2n) is 4.57. The lowest BCUT2D eigenvalue weighted by Crippen LogP contribution is -2.28. The van der Waals surface area contributed by atoms with Crippen LogP contribution in [0.5, 0.6) is 0 Å². The van der Waals surface area contributed by atoms with Crippen molar-refractivity contribution in [3.63, 3.8) is 0 Å². The smallest absolute Gasteiger partial charge is 0.129 e. The number of nitrogens with one attached hydrogen (secondary N) is 1. The highest BCUT2D eigenvalue weighted by molar-refractivity contribution is 7.09. The van der Waals surface area contributed by atoms with Gasteiger partial charge in [0.25, 0.3) is 0 Å². The van der Waals surface area contributed by atoms with E-state index in [4.69, 9.17) is 5.41 Å². The Hall–Kier alpha value is -1.75. The molecular formula is C14H14FN3S. The van der Waals surface area contributed by atoms with Gasteiger partial charge in [-0.3, -0.25) is 5.41 Å². The third-order valence-corrected chi connectivity index (χ3v) is 4.33. The minimum absolute atomic E-state index is 0.1000. The van der Waals surface area contributed by atoms with E-state index in [1.165, 1.54) is 12.1 Å². The Kier molecular flexibility index (Phi) is 3.06.